The summed E-state index contributed by atoms with van der Waals surface area (Å²) in [7, 11) is 0. The number of rotatable bonds is 5. The molecule has 2 aromatic rings. The van der Waals surface area contributed by atoms with Crippen LogP contribution in [0.25, 0.3) is 11.1 Å². The van der Waals surface area contributed by atoms with Crippen LogP contribution < -0.4 is 0 Å². The summed E-state index contributed by atoms with van der Waals surface area (Å²) in [6.45, 7) is 26.1. The number of allylic oxidation sites excluding steroid dienone is 4. The zero-order valence-electron chi connectivity index (χ0n) is 25.6. The summed E-state index contributed by atoms with van der Waals surface area (Å²) in [5, 5.41) is 0. The van der Waals surface area contributed by atoms with Gasteiger partial charge in [-0.1, -0.05) is 0 Å². The predicted molar refractivity (Wildman–Crippen MR) is 171 cm³/mol. The normalized spacial score (nSPS) is 15.1. The van der Waals surface area contributed by atoms with Crippen molar-refractivity contribution in [1.29, 1.82) is 0 Å². The van der Waals surface area contributed by atoms with Crippen LogP contribution in [0.3, 0.4) is 0 Å². The molecule has 0 saturated heterocycles. The molecule has 0 N–H and O–H groups in total. The van der Waals surface area contributed by atoms with Gasteiger partial charge in [0.2, 0.25) is 0 Å². The van der Waals surface area contributed by atoms with Crippen LogP contribution in [-0.4, -0.2) is 3.21 Å². The third-order valence-electron chi connectivity index (χ3n) is 9.05. The Hall–Kier alpha value is -0.747. The largest absolute Gasteiger partial charge is 0.147 e. The summed E-state index contributed by atoms with van der Waals surface area (Å²) >= 11 is -2.17. The molecule has 0 nitrogen and oxygen atoms in total. The Bertz CT molecular complexity index is 1210. The van der Waals surface area contributed by atoms with E-state index in [-0.39, 0.29) is 35.6 Å². The Balaban J connectivity index is 0.00000253. The first-order chi connectivity index (χ1) is 16.7. The molecule has 2 aliphatic carbocycles. The van der Waals surface area contributed by atoms with E-state index in [2.05, 4.69) is 125 Å². The third-order valence-corrected chi connectivity index (χ3v) is 17.2. The molecule has 2 aliphatic rings. The van der Waals surface area contributed by atoms with Crippen LogP contribution in [0.1, 0.15) is 121 Å². The van der Waals surface area contributed by atoms with Gasteiger partial charge in [-0.2, -0.15) is 0 Å². The fourth-order valence-corrected chi connectivity index (χ4v) is 14.3. The van der Waals surface area contributed by atoms with Crippen molar-refractivity contribution in [3.8, 4) is 11.1 Å². The zero-order valence-corrected chi connectivity index (χ0v) is 29.7. The van der Waals surface area contributed by atoms with Gasteiger partial charge in [0.1, 0.15) is 0 Å². The number of halogens is 2. The summed E-state index contributed by atoms with van der Waals surface area (Å²) in [4.78, 5) is 0. The SMILES string of the molecule is CCC(C)(CC)C1=CC[C]([Zr](=[C](C)C)[CH]2c3ccc(C(C)(C)C)cc3-c3cc(C(C)(C)C)ccc32)=C1.Cl.Cl. The molecular formula is C35H50Cl2Zr. The second kappa shape index (κ2) is 12.0. The molecule has 0 bridgehead atoms. The van der Waals surface area contributed by atoms with Gasteiger partial charge >= 0.3 is 231 Å². The van der Waals surface area contributed by atoms with Crippen molar-refractivity contribution in [2.45, 2.75) is 110 Å². The molecule has 4 rings (SSSR count). The van der Waals surface area contributed by atoms with Crippen LogP contribution >= 0.6 is 24.8 Å². The monoisotopic (exact) mass is 630 g/mol. The van der Waals surface area contributed by atoms with Gasteiger partial charge < -0.3 is 0 Å². The summed E-state index contributed by atoms with van der Waals surface area (Å²) < 4.78 is 4.10. The van der Waals surface area contributed by atoms with Crippen LogP contribution in [0.2, 0.25) is 0 Å². The summed E-state index contributed by atoms with van der Waals surface area (Å²) in [6.07, 6.45) is 8.85. The standard InChI is InChI=1S/C21H25.C11H17.C3H6.2ClH.Zr/c1-20(2,3)16-9-7-14-11-15-8-10-17(21(4,5)6)13-19(15)18(14)12-16;1-4-11(3,5-2)10-8-6-7-9-10;1-3-2;;;/h7-13H,1-6H3;8-9H,4-6H2,1-3H3;1-2H3;2*1H;. The summed E-state index contributed by atoms with van der Waals surface area (Å²) in [6, 6.07) is 14.9. The molecule has 0 heterocycles. The van der Waals surface area contributed by atoms with E-state index in [4.69, 9.17) is 0 Å². The van der Waals surface area contributed by atoms with Gasteiger partial charge in [-0.3, -0.25) is 0 Å². The smallest absolute Gasteiger partial charge is 0.147 e. The molecule has 3 heteroatoms. The van der Waals surface area contributed by atoms with Gasteiger partial charge in [-0.05, 0) is 0 Å². The number of hydrogen-bond acceptors (Lipinski definition) is 0. The van der Waals surface area contributed by atoms with Crippen LogP contribution in [-0.2, 0) is 32.1 Å². The van der Waals surface area contributed by atoms with Crippen molar-refractivity contribution >= 4 is 28.0 Å². The molecule has 208 valence electrons. The minimum Gasteiger partial charge on any atom is -0.147 e. The molecule has 0 radical (unpaired) electrons. The molecular weight excluding hydrogens is 583 g/mol. The molecule has 0 atom stereocenters. The maximum absolute atomic E-state index is 2.67. The Kier molecular flexibility index (Phi) is 10.6. The van der Waals surface area contributed by atoms with Crippen LogP contribution in [0.5, 0.6) is 0 Å². The first-order valence-corrected chi connectivity index (χ1v) is 18.0. The minimum absolute atomic E-state index is 0. The van der Waals surface area contributed by atoms with E-state index in [9.17, 15) is 0 Å². The molecule has 0 aromatic heterocycles. The Labute approximate surface area is 253 Å². The predicted octanol–water partition coefficient (Wildman–Crippen LogP) is 11.1. The fraction of sp³-hybridized carbons (Fsp3) is 0.514. The second-order valence-electron chi connectivity index (χ2n) is 13.8. The van der Waals surface area contributed by atoms with Crippen molar-refractivity contribution in [1.82, 2.24) is 0 Å². The second-order valence-corrected chi connectivity index (χ2v) is 21.2. The molecule has 0 amide bonds. The van der Waals surface area contributed by atoms with Gasteiger partial charge in [-0.25, -0.2) is 0 Å². The average Bonchev–Trinajstić information content (AvgIpc) is 3.41. The van der Waals surface area contributed by atoms with Crippen molar-refractivity contribution in [2.75, 3.05) is 0 Å². The van der Waals surface area contributed by atoms with Gasteiger partial charge in [0.15, 0.2) is 0 Å². The Morgan fingerprint density at radius 1 is 0.763 bits per heavy atom. The van der Waals surface area contributed by atoms with Gasteiger partial charge in [0, 0.05) is 0 Å². The van der Waals surface area contributed by atoms with Gasteiger partial charge in [0.25, 0.3) is 0 Å². The van der Waals surface area contributed by atoms with E-state index in [0.717, 1.165) is 0 Å². The topological polar surface area (TPSA) is 0 Å². The van der Waals surface area contributed by atoms with E-state index in [1.807, 2.05) is 0 Å². The fourth-order valence-electron chi connectivity index (χ4n) is 6.08. The maximum Gasteiger partial charge on any atom is -0.147 e. The van der Waals surface area contributed by atoms with Crippen molar-refractivity contribution in [3.05, 3.63) is 79.7 Å². The Morgan fingerprint density at radius 3 is 1.58 bits per heavy atom. The summed E-state index contributed by atoms with van der Waals surface area (Å²) in [5.41, 5.74) is 11.3. The van der Waals surface area contributed by atoms with E-state index < -0.39 is 21.3 Å². The molecule has 0 unspecified atom stereocenters. The molecule has 0 saturated carbocycles. The first kappa shape index (κ1) is 33.5. The molecule has 38 heavy (non-hydrogen) atoms. The van der Waals surface area contributed by atoms with Crippen LogP contribution in [0, 0.1) is 5.41 Å². The molecule has 0 spiro atoms. The number of fused-ring (bicyclic) bond motifs is 3. The average molecular weight is 633 g/mol. The molecule has 0 fully saturated rings. The summed E-state index contributed by atoms with van der Waals surface area (Å²) in [5.74, 6) is 0. The van der Waals surface area contributed by atoms with E-state index in [1.54, 1.807) is 23.2 Å². The van der Waals surface area contributed by atoms with E-state index in [1.165, 1.54) is 41.5 Å². The quantitative estimate of drug-likeness (QED) is 0.308. The molecule has 0 aliphatic heterocycles. The maximum atomic E-state index is 2.67. The minimum atomic E-state index is -2.17. The van der Waals surface area contributed by atoms with Crippen LogP contribution in [0.15, 0.2) is 57.4 Å². The van der Waals surface area contributed by atoms with E-state index >= 15 is 0 Å². The van der Waals surface area contributed by atoms with Crippen molar-refractivity contribution in [2.24, 2.45) is 5.41 Å². The molecule has 2 aromatic carbocycles. The zero-order chi connectivity index (χ0) is 26.6. The van der Waals surface area contributed by atoms with Gasteiger partial charge in [-0.15, -0.1) is 24.8 Å². The van der Waals surface area contributed by atoms with E-state index in [0.29, 0.717) is 9.04 Å². The third kappa shape index (κ3) is 6.11. The van der Waals surface area contributed by atoms with Crippen LogP contribution in [0.4, 0.5) is 0 Å². The van der Waals surface area contributed by atoms with Gasteiger partial charge in [0.05, 0.1) is 0 Å². The number of hydrogen-bond donors (Lipinski definition) is 0. The number of benzene rings is 2. The first-order valence-electron chi connectivity index (χ1n) is 14.1. The Morgan fingerprint density at radius 2 is 1.21 bits per heavy atom. The van der Waals surface area contributed by atoms with Crippen molar-refractivity contribution in [3.63, 3.8) is 0 Å². The van der Waals surface area contributed by atoms with Crippen molar-refractivity contribution < 1.29 is 21.3 Å².